The Morgan fingerprint density at radius 1 is 1.33 bits per heavy atom. The quantitative estimate of drug-likeness (QED) is 0.820. The summed E-state index contributed by atoms with van der Waals surface area (Å²) in [6.45, 7) is 8.92. The predicted octanol–water partition coefficient (Wildman–Crippen LogP) is -0.00280. The van der Waals surface area contributed by atoms with Gasteiger partial charge in [0.1, 0.15) is 4.88 Å². The normalized spacial score (nSPS) is 15.9. The number of nitrogens with one attached hydrogen (secondary N) is 2. The van der Waals surface area contributed by atoms with Crippen molar-refractivity contribution in [3.8, 4) is 0 Å². The first-order valence-corrected chi connectivity index (χ1v) is 7.76. The first-order chi connectivity index (χ1) is 9.89. The standard InChI is InChI=1S/C13H21N5O2S/c1-13(2,3)11-10(21-17-16-11)12(20)15-8-9(19)18-6-4-14-5-7-18/h14H,4-8H2,1-3H3,(H,15,20). The van der Waals surface area contributed by atoms with E-state index in [1.54, 1.807) is 4.90 Å². The Labute approximate surface area is 128 Å². The Kier molecular flexibility index (Phi) is 4.89. The molecule has 1 fully saturated rings. The lowest BCUT2D eigenvalue weighted by Crippen LogP contribution is -2.49. The first-order valence-electron chi connectivity index (χ1n) is 6.99. The number of carbonyl (C=O) groups excluding carboxylic acids is 2. The van der Waals surface area contributed by atoms with E-state index in [0.717, 1.165) is 24.6 Å². The predicted molar refractivity (Wildman–Crippen MR) is 80.4 cm³/mol. The molecule has 0 bridgehead atoms. The van der Waals surface area contributed by atoms with Gasteiger partial charge in [0.25, 0.3) is 5.91 Å². The maximum absolute atomic E-state index is 12.2. The van der Waals surface area contributed by atoms with Crippen LogP contribution in [0.3, 0.4) is 0 Å². The van der Waals surface area contributed by atoms with E-state index in [2.05, 4.69) is 20.2 Å². The van der Waals surface area contributed by atoms with Gasteiger partial charge in [-0.15, -0.1) is 5.10 Å². The fourth-order valence-corrected chi connectivity index (χ4v) is 2.89. The monoisotopic (exact) mass is 311 g/mol. The molecule has 0 aliphatic carbocycles. The maximum atomic E-state index is 12.2. The third kappa shape index (κ3) is 3.98. The van der Waals surface area contributed by atoms with Crippen molar-refractivity contribution in [3.63, 3.8) is 0 Å². The first kappa shape index (κ1) is 15.8. The summed E-state index contributed by atoms with van der Waals surface area (Å²) in [5.74, 6) is -0.335. The van der Waals surface area contributed by atoms with Gasteiger partial charge in [-0.1, -0.05) is 25.3 Å². The molecule has 0 radical (unpaired) electrons. The average Bonchev–Trinajstić information content (AvgIpc) is 2.95. The van der Waals surface area contributed by atoms with Crippen LogP contribution in [-0.2, 0) is 10.2 Å². The number of rotatable bonds is 3. The lowest BCUT2D eigenvalue weighted by molar-refractivity contribution is -0.130. The van der Waals surface area contributed by atoms with Crippen molar-refractivity contribution in [2.24, 2.45) is 0 Å². The number of hydrogen-bond donors (Lipinski definition) is 2. The third-order valence-corrected chi connectivity index (χ3v) is 4.00. The van der Waals surface area contributed by atoms with Crippen LogP contribution in [0.5, 0.6) is 0 Å². The van der Waals surface area contributed by atoms with Gasteiger partial charge in [-0.2, -0.15) is 0 Å². The molecule has 2 amide bonds. The largest absolute Gasteiger partial charge is 0.342 e. The third-order valence-electron chi connectivity index (χ3n) is 3.27. The second-order valence-electron chi connectivity index (χ2n) is 6.01. The molecule has 1 aromatic heterocycles. The van der Waals surface area contributed by atoms with Crippen LogP contribution in [0.4, 0.5) is 0 Å². The fourth-order valence-electron chi connectivity index (χ4n) is 2.09. The summed E-state index contributed by atoms with van der Waals surface area (Å²) in [5.41, 5.74) is 0.419. The highest BCUT2D eigenvalue weighted by Crippen LogP contribution is 2.25. The van der Waals surface area contributed by atoms with E-state index in [9.17, 15) is 9.59 Å². The Bertz CT molecular complexity index is 517. The molecule has 2 rings (SSSR count). The summed E-state index contributed by atoms with van der Waals surface area (Å²) in [7, 11) is 0. The summed E-state index contributed by atoms with van der Waals surface area (Å²) in [4.78, 5) is 26.4. The minimum Gasteiger partial charge on any atom is -0.342 e. The molecule has 7 nitrogen and oxygen atoms in total. The van der Waals surface area contributed by atoms with Gasteiger partial charge < -0.3 is 15.5 Å². The SMILES string of the molecule is CC(C)(C)c1nnsc1C(=O)NCC(=O)N1CCNCC1. The van der Waals surface area contributed by atoms with Crippen LogP contribution in [0.1, 0.15) is 36.1 Å². The van der Waals surface area contributed by atoms with Crippen LogP contribution >= 0.6 is 11.5 Å². The van der Waals surface area contributed by atoms with E-state index in [0.29, 0.717) is 23.7 Å². The lowest BCUT2D eigenvalue weighted by atomic mass is 9.91. The minimum absolute atomic E-state index is 0.0142. The van der Waals surface area contributed by atoms with Crippen LogP contribution in [0.15, 0.2) is 0 Å². The summed E-state index contributed by atoms with van der Waals surface area (Å²) in [5, 5.41) is 9.89. The number of piperazine rings is 1. The lowest BCUT2D eigenvalue weighted by Gasteiger charge is -2.27. The molecule has 0 saturated carbocycles. The Morgan fingerprint density at radius 3 is 2.62 bits per heavy atom. The summed E-state index contributed by atoms with van der Waals surface area (Å²) >= 11 is 1.06. The van der Waals surface area contributed by atoms with E-state index in [1.807, 2.05) is 20.8 Å². The van der Waals surface area contributed by atoms with Gasteiger partial charge >= 0.3 is 0 Å². The summed E-state index contributed by atoms with van der Waals surface area (Å²) in [6.07, 6.45) is 0. The molecule has 0 unspecified atom stereocenters. The fraction of sp³-hybridized carbons (Fsp3) is 0.692. The summed E-state index contributed by atoms with van der Waals surface area (Å²) in [6, 6.07) is 0. The van der Waals surface area contributed by atoms with E-state index in [1.165, 1.54) is 0 Å². The van der Waals surface area contributed by atoms with Crippen LogP contribution in [0.2, 0.25) is 0 Å². The highest BCUT2D eigenvalue weighted by molar-refractivity contribution is 7.08. The summed E-state index contributed by atoms with van der Waals surface area (Å²) < 4.78 is 3.85. The topological polar surface area (TPSA) is 87.2 Å². The van der Waals surface area contributed by atoms with Crippen LogP contribution in [-0.4, -0.2) is 59.0 Å². The molecule has 2 heterocycles. The minimum atomic E-state index is -0.279. The number of aromatic nitrogens is 2. The zero-order chi connectivity index (χ0) is 15.5. The molecule has 0 atom stereocenters. The van der Waals surface area contributed by atoms with E-state index >= 15 is 0 Å². The Morgan fingerprint density at radius 2 is 2.00 bits per heavy atom. The Balaban J connectivity index is 1.93. The van der Waals surface area contributed by atoms with Crippen LogP contribution < -0.4 is 10.6 Å². The molecule has 1 aliphatic heterocycles. The number of nitrogens with zero attached hydrogens (tertiary/aromatic N) is 3. The van der Waals surface area contributed by atoms with E-state index < -0.39 is 0 Å². The van der Waals surface area contributed by atoms with Gasteiger partial charge in [0.05, 0.1) is 12.2 Å². The molecular formula is C13H21N5O2S. The van der Waals surface area contributed by atoms with Gasteiger partial charge in [0, 0.05) is 31.6 Å². The van der Waals surface area contributed by atoms with Gasteiger partial charge in [-0.25, -0.2) is 0 Å². The highest BCUT2D eigenvalue weighted by Gasteiger charge is 2.26. The molecule has 1 aliphatic rings. The van der Waals surface area contributed by atoms with Crippen LogP contribution in [0, 0.1) is 0 Å². The van der Waals surface area contributed by atoms with Crippen molar-refractivity contribution in [2.75, 3.05) is 32.7 Å². The second-order valence-corrected chi connectivity index (χ2v) is 6.77. The molecule has 1 aromatic rings. The molecule has 2 N–H and O–H groups in total. The van der Waals surface area contributed by atoms with Crippen molar-refractivity contribution in [1.29, 1.82) is 0 Å². The van der Waals surface area contributed by atoms with Gasteiger partial charge in [-0.3, -0.25) is 9.59 Å². The molecule has 21 heavy (non-hydrogen) atoms. The van der Waals surface area contributed by atoms with Crippen molar-refractivity contribution >= 4 is 23.3 Å². The highest BCUT2D eigenvalue weighted by atomic mass is 32.1. The smallest absolute Gasteiger partial charge is 0.265 e. The molecular weight excluding hydrogens is 290 g/mol. The average molecular weight is 311 g/mol. The molecule has 0 aromatic carbocycles. The molecule has 116 valence electrons. The van der Waals surface area contributed by atoms with Gasteiger partial charge in [-0.05, 0) is 11.5 Å². The molecule has 0 spiro atoms. The number of carbonyl (C=O) groups is 2. The van der Waals surface area contributed by atoms with Crippen molar-refractivity contribution in [3.05, 3.63) is 10.6 Å². The van der Waals surface area contributed by atoms with Crippen molar-refractivity contribution in [2.45, 2.75) is 26.2 Å². The molecule has 8 heteroatoms. The number of amides is 2. The van der Waals surface area contributed by atoms with Crippen LogP contribution in [0.25, 0.3) is 0 Å². The van der Waals surface area contributed by atoms with Crippen molar-refractivity contribution < 1.29 is 9.59 Å². The zero-order valence-corrected chi connectivity index (χ0v) is 13.4. The maximum Gasteiger partial charge on any atom is 0.265 e. The van der Waals surface area contributed by atoms with Gasteiger partial charge in [0.15, 0.2) is 0 Å². The number of hydrogen-bond acceptors (Lipinski definition) is 6. The van der Waals surface area contributed by atoms with Crippen molar-refractivity contribution in [1.82, 2.24) is 25.1 Å². The molecule has 1 saturated heterocycles. The zero-order valence-electron chi connectivity index (χ0n) is 12.6. The Hall–Kier alpha value is -1.54. The van der Waals surface area contributed by atoms with E-state index in [-0.39, 0.29) is 23.8 Å². The van der Waals surface area contributed by atoms with E-state index in [4.69, 9.17) is 0 Å². The van der Waals surface area contributed by atoms with Gasteiger partial charge in [0.2, 0.25) is 5.91 Å². The second kappa shape index (κ2) is 6.48.